The van der Waals surface area contributed by atoms with Gasteiger partial charge in [0.05, 0.1) is 12.5 Å². The van der Waals surface area contributed by atoms with Crippen molar-refractivity contribution in [1.82, 2.24) is 5.43 Å². The van der Waals surface area contributed by atoms with Crippen LogP contribution < -0.4 is 11.3 Å². The van der Waals surface area contributed by atoms with Gasteiger partial charge in [-0.3, -0.25) is 11.3 Å². The third-order valence-electron chi connectivity index (χ3n) is 3.59. The number of hydrogen-bond donors (Lipinski definition) is 2. The van der Waals surface area contributed by atoms with Gasteiger partial charge in [0.1, 0.15) is 0 Å². The molecular weight excluding hydrogens is 248 g/mol. The zero-order valence-corrected chi connectivity index (χ0v) is 11.3. The summed E-state index contributed by atoms with van der Waals surface area (Å²) >= 11 is 0. The molecule has 2 aromatic carbocycles. The average molecular weight is 266 g/mol. The molecule has 0 saturated carbocycles. The second-order valence-electron chi connectivity index (χ2n) is 5.08. The number of hydrogen-bond acceptors (Lipinski definition) is 3. The first-order valence-electron chi connectivity index (χ1n) is 6.80. The van der Waals surface area contributed by atoms with Crippen molar-refractivity contribution in [3.8, 4) is 0 Å². The summed E-state index contributed by atoms with van der Waals surface area (Å²) < 4.78 is 5.10. The van der Waals surface area contributed by atoms with Gasteiger partial charge in [-0.25, -0.2) is 0 Å². The monoisotopic (exact) mass is 266 g/mol. The van der Waals surface area contributed by atoms with Gasteiger partial charge in [-0.05, 0) is 40.8 Å². The third kappa shape index (κ3) is 2.90. The molecule has 0 aliphatic carbocycles. The number of furan rings is 1. The molecule has 3 nitrogen and oxygen atoms in total. The Bertz CT molecular complexity index is 676. The summed E-state index contributed by atoms with van der Waals surface area (Å²) in [5.41, 5.74) is 5.34. The van der Waals surface area contributed by atoms with Gasteiger partial charge in [0.25, 0.3) is 0 Å². The molecule has 0 saturated heterocycles. The van der Waals surface area contributed by atoms with Crippen LogP contribution in [0.1, 0.15) is 11.1 Å². The molecule has 3 rings (SSSR count). The van der Waals surface area contributed by atoms with Gasteiger partial charge in [-0.15, -0.1) is 0 Å². The molecule has 1 atom stereocenters. The van der Waals surface area contributed by atoms with Crippen LogP contribution in [-0.4, -0.2) is 6.04 Å². The molecule has 1 heterocycles. The lowest BCUT2D eigenvalue weighted by Crippen LogP contribution is -2.38. The molecule has 20 heavy (non-hydrogen) atoms. The standard InChI is InChI=1S/C17H18N2O/c18-19-17(11-14-7-8-20-12-14)10-13-5-6-15-3-1-2-4-16(15)9-13/h1-9,12,17,19H,10-11,18H2. The molecule has 102 valence electrons. The third-order valence-corrected chi connectivity index (χ3v) is 3.59. The minimum absolute atomic E-state index is 0.203. The Labute approximate surface area is 118 Å². The van der Waals surface area contributed by atoms with Crippen molar-refractivity contribution in [3.05, 3.63) is 72.2 Å². The van der Waals surface area contributed by atoms with Crippen molar-refractivity contribution in [2.24, 2.45) is 5.84 Å². The molecule has 0 bridgehead atoms. The van der Waals surface area contributed by atoms with Crippen molar-refractivity contribution < 1.29 is 4.42 Å². The number of benzene rings is 2. The van der Waals surface area contributed by atoms with Crippen LogP contribution in [0.15, 0.2) is 65.5 Å². The number of nitrogens with one attached hydrogen (secondary N) is 1. The molecule has 0 amide bonds. The quantitative estimate of drug-likeness (QED) is 0.551. The van der Waals surface area contributed by atoms with Crippen molar-refractivity contribution in [1.29, 1.82) is 0 Å². The Morgan fingerprint density at radius 1 is 0.950 bits per heavy atom. The van der Waals surface area contributed by atoms with Crippen LogP contribution >= 0.6 is 0 Å². The smallest absolute Gasteiger partial charge is 0.0935 e. The van der Waals surface area contributed by atoms with Crippen LogP contribution in [0.3, 0.4) is 0 Å². The van der Waals surface area contributed by atoms with Gasteiger partial charge in [0.15, 0.2) is 0 Å². The molecule has 0 spiro atoms. The minimum atomic E-state index is 0.203. The highest BCUT2D eigenvalue weighted by Gasteiger charge is 2.10. The maximum atomic E-state index is 5.67. The molecule has 3 aromatic rings. The number of rotatable bonds is 5. The number of hydrazine groups is 1. The van der Waals surface area contributed by atoms with E-state index in [1.807, 2.05) is 6.07 Å². The second kappa shape index (κ2) is 5.90. The summed E-state index contributed by atoms with van der Waals surface area (Å²) in [4.78, 5) is 0. The fourth-order valence-electron chi connectivity index (χ4n) is 2.53. The number of nitrogens with two attached hydrogens (primary N) is 1. The molecule has 0 aliphatic heterocycles. The molecule has 3 heteroatoms. The highest BCUT2D eigenvalue weighted by atomic mass is 16.3. The van der Waals surface area contributed by atoms with E-state index in [1.165, 1.54) is 16.3 Å². The Hall–Kier alpha value is -2.10. The second-order valence-corrected chi connectivity index (χ2v) is 5.08. The predicted octanol–water partition coefficient (Wildman–Crippen LogP) is 3.05. The van der Waals surface area contributed by atoms with Gasteiger partial charge >= 0.3 is 0 Å². The van der Waals surface area contributed by atoms with Crippen molar-refractivity contribution in [2.75, 3.05) is 0 Å². The summed E-state index contributed by atoms with van der Waals surface area (Å²) in [5, 5.41) is 2.53. The van der Waals surface area contributed by atoms with E-state index in [0.29, 0.717) is 0 Å². The van der Waals surface area contributed by atoms with Crippen molar-refractivity contribution in [3.63, 3.8) is 0 Å². The van der Waals surface area contributed by atoms with Crippen molar-refractivity contribution >= 4 is 10.8 Å². The molecule has 1 aromatic heterocycles. The summed E-state index contributed by atoms with van der Waals surface area (Å²) in [6.45, 7) is 0. The van der Waals surface area contributed by atoms with Crippen molar-refractivity contribution in [2.45, 2.75) is 18.9 Å². The first-order valence-corrected chi connectivity index (χ1v) is 6.80. The first kappa shape index (κ1) is 12.9. The van der Waals surface area contributed by atoms with E-state index >= 15 is 0 Å². The molecular formula is C17H18N2O. The molecule has 3 N–H and O–H groups in total. The lowest BCUT2D eigenvalue weighted by Gasteiger charge is -2.15. The van der Waals surface area contributed by atoms with E-state index < -0.39 is 0 Å². The lowest BCUT2D eigenvalue weighted by atomic mass is 9.98. The molecule has 0 fully saturated rings. The van der Waals surface area contributed by atoms with Gasteiger partial charge < -0.3 is 4.42 Å². The van der Waals surface area contributed by atoms with Crippen LogP contribution in [0.2, 0.25) is 0 Å². The maximum absolute atomic E-state index is 5.67. The topological polar surface area (TPSA) is 51.2 Å². The Morgan fingerprint density at radius 3 is 2.50 bits per heavy atom. The molecule has 1 unspecified atom stereocenters. The van der Waals surface area contributed by atoms with Crippen LogP contribution in [0.25, 0.3) is 10.8 Å². The Morgan fingerprint density at radius 2 is 1.75 bits per heavy atom. The van der Waals surface area contributed by atoms with E-state index in [1.54, 1.807) is 12.5 Å². The van der Waals surface area contributed by atoms with Crippen LogP contribution in [-0.2, 0) is 12.8 Å². The lowest BCUT2D eigenvalue weighted by molar-refractivity contribution is 0.514. The van der Waals surface area contributed by atoms with Gasteiger partial charge in [-0.2, -0.15) is 0 Å². The zero-order chi connectivity index (χ0) is 13.8. The van der Waals surface area contributed by atoms with Crippen LogP contribution in [0.4, 0.5) is 0 Å². The average Bonchev–Trinajstić information content (AvgIpc) is 2.99. The van der Waals surface area contributed by atoms with E-state index in [0.717, 1.165) is 18.4 Å². The summed E-state index contributed by atoms with van der Waals surface area (Å²) in [5.74, 6) is 5.67. The normalized spacial score (nSPS) is 12.7. The fourth-order valence-corrected chi connectivity index (χ4v) is 2.53. The Balaban J connectivity index is 1.76. The minimum Gasteiger partial charge on any atom is -0.472 e. The van der Waals surface area contributed by atoms with Crippen LogP contribution in [0, 0.1) is 0 Å². The van der Waals surface area contributed by atoms with E-state index in [4.69, 9.17) is 10.3 Å². The summed E-state index contributed by atoms with van der Waals surface area (Å²) in [6.07, 6.45) is 5.22. The zero-order valence-electron chi connectivity index (χ0n) is 11.3. The summed E-state index contributed by atoms with van der Waals surface area (Å²) in [6, 6.07) is 17.1. The number of fused-ring (bicyclic) bond motifs is 1. The highest BCUT2D eigenvalue weighted by molar-refractivity contribution is 5.82. The van der Waals surface area contributed by atoms with Gasteiger partial charge in [0, 0.05) is 6.04 Å². The van der Waals surface area contributed by atoms with Crippen LogP contribution in [0.5, 0.6) is 0 Å². The highest BCUT2D eigenvalue weighted by Crippen LogP contribution is 2.17. The van der Waals surface area contributed by atoms with Gasteiger partial charge in [-0.1, -0.05) is 42.5 Å². The van der Waals surface area contributed by atoms with E-state index in [-0.39, 0.29) is 6.04 Å². The fraction of sp³-hybridized carbons (Fsp3) is 0.176. The van der Waals surface area contributed by atoms with E-state index in [2.05, 4.69) is 47.9 Å². The largest absolute Gasteiger partial charge is 0.472 e. The maximum Gasteiger partial charge on any atom is 0.0935 e. The molecule has 0 radical (unpaired) electrons. The SMILES string of the molecule is NNC(Cc1ccoc1)Cc1ccc2ccccc2c1. The van der Waals surface area contributed by atoms with E-state index in [9.17, 15) is 0 Å². The first-order chi connectivity index (χ1) is 9.85. The summed E-state index contributed by atoms with van der Waals surface area (Å²) in [7, 11) is 0. The van der Waals surface area contributed by atoms with Gasteiger partial charge in [0.2, 0.25) is 0 Å². The Kier molecular flexibility index (Phi) is 3.81. The predicted molar refractivity (Wildman–Crippen MR) is 81.2 cm³/mol. The molecule has 0 aliphatic rings.